The molecule has 1 aromatic rings. The summed E-state index contributed by atoms with van der Waals surface area (Å²) in [5.74, 6) is 0. The molecule has 0 amide bonds. The Hall–Kier alpha value is -0.580. The van der Waals surface area contributed by atoms with Crippen molar-refractivity contribution in [1.29, 1.82) is 0 Å². The zero-order valence-electron chi connectivity index (χ0n) is 9.47. The summed E-state index contributed by atoms with van der Waals surface area (Å²) >= 11 is 5.76. The highest BCUT2D eigenvalue weighted by atomic mass is 35.5. The summed E-state index contributed by atoms with van der Waals surface area (Å²) in [6, 6.07) is 6.54. The standard InChI is InChI=1S/C12H16ClNO2S/c13-9-1-5-11(6-2-9)17(15,16)12-7-3-10(14)4-8-12/h1-2,5-6,10,12H,3-4,7-8,14H2. The summed E-state index contributed by atoms with van der Waals surface area (Å²) < 4.78 is 24.6. The minimum atomic E-state index is -3.22. The van der Waals surface area contributed by atoms with E-state index in [4.69, 9.17) is 17.3 Å². The van der Waals surface area contributed by atoms with E-state index in [1.165, 1.54) is 0 Å². The normalized spacial score (nSPS) is 25.8. The topological polar surface area (TPSA) is 60.2 Å². The number of hydrogen-bond acceptors (Lipinski definition) is 3. The van der Waals surface area contributed by atoms with Gasteiger partial charge in [-0.05, 0) is 49.9 Å². The van der Waals surface area contributed by atoms with Crippen LogP contribution in [0.5, 0.6) is 0 Å². The zero-order valence-corrected chi connectivity index (χ0v) is 11.0. The first-order chi connectivity index (χ1) is 8.00. The van der Waals surface area contributed by atoms with Crippen molar-refractivity contribution in [3.8, 4) is 0 Å². The van der Waals surface area contributed by atoms with Crippen LogP contribution in [0.1, 0.15) is 25.7 Å². The molecule has 0 unspecified atom stereocenters. The molecule has 0 heterocycles. The van der Waals surface area contributed by atoms with E-state index in [9.17, 15) is 8.42 Å². The van der Waals surface area contributed by atoms with Crippen molar-refractivity contribution in [3.63, 3.8) is 0 Å². The van der Waals surface area contributed by atoms with E-state index in [2.05, 4.69) is 0 Å². The molecule has 0 spiro atoms. The molecule has 1 aromatic carbocycles. The highest BCUT2D eigenvalue weighted by Gasteiger charge is 2.30. The fourth-order valence-corrected chi connectivity index (χ4v) is 4.13. The number of sulfone groups is 1. The van der Waals surface area contributed by atoms with Gasteiger partial charge in [-0.1, -0.05) is 11.6 Å². The molecule has 1 aliphatic rings. The van der Waals surface area contributed by atoms with Crippen LogP contribution in [0, 0.1) is 0 Å². The summed E-state index contributed by atoms with van der Waals surface area (Å²) in [5.41, 5.74) is 5.79. The van der Waals surface area contributed by atoms with Gasteiger partial charge in [0.15, 0.2) is 9.84 Å². The molecule has 2 N–H and O–H groups in total. The Morgan fingerprint density at radius 2 is 1.59 bits per heavy atom. The van der Waals surface area contributed by atoms with E-state index in [0.717, 1.165) is 12.8 Å². The molecule has 1 aliphatic carbocycles. The summed E-state index contributed by atoms with van der Waals surface area (Å²) in [5, 5.41) is 0.262. The van der Waals surface area contributed by atoms with Crippen molar-refractivity contribution >= 4 is 21.4 Å². The molecule has 0 aromatic heterocycles. The van der Waals surface area contributed by atoms with Gasteiger partial charge in [-0.15, -0.1) is 0 Å². The van der Waals surface area contributed by atoms with Crippen molar-refractivity contribution in [2.45, 2.75) is 41.9 Å². The first-order valence-corrected chi connectivity index (χ1v) is 7.67. The second kappa shape index (κ2) is 4.96. The van der Waals surface area contributed by atoms with Crippen molar-refractivity contribution in [2.24, 2.45) is 5.73 Å². The molecule has 1 saturated carbocycles. The van der Waals surface area contributed by atoms with Crippen LogP contribution in [0.15, 0.2) is 29.2 Å². The average molecular weight is 274 g/mol. The molecule has 17 heavy (non-hydrogen) atoms. The molecule has 0 radical (unpaired) electrons. The second-order valence-electron chi connectivity index (χ2n) is 4.54. The summed E-state index contributed by atoms with van der Waals surface area (Å²) in [6.45, 7) is 0. The van der Waals surface area contributed by atoms with Gasteiger partial charge in [0.25, 0.3) is 0 Å². The van der Waals surface area contributed by atoms with Gasteiger partial charge < -0.3 is 5.73 Å². The Kier molecular flexibility index (Phi) is 3.76. The minimum Gasteiger partial charge on any atom is -0.328 e. The molecular weight excluding hydrogens is 258 g/mol. The smallest absolute Gasteiger partial charge is 0.181 e. The molecule has 1 fully saturated rings. The van der Waals surface area contributed by atoms with Crippen LogP contribution >= 0.6 is 11.6 Å². The fraction of sp³-hybridized carbons (Fsp3) is 0.500. The average Bonchev–Trinajstić information content (AvgIpc) is 2.30. The van der Waals surface area contributed by atoms with Gasteiger partial charge >= 0.3 is 0 Å². The molecule has 0 saturated heterocycles. The Balaban J connectivity index is 2.21. The number of hydrogen-bond donors (Lipinski definition) is 1. The number of nitrogens with two attached hydrogens (primary N) is 1. The molecular formula is C12H16ClNO2S. The van der Waals surface area contributed by atoms with Crippen LogP contribution in [-0.4, -0.2) is 19.7 Å². The van der Waals surface area contributed by atoms with E-state index in [0.29, 0.717) is 22.8 Å². The molecule has 2 rings (SSSR count). The van der Waals surface area contributed by atoms with Gasteiger partial charge in [-0.3, -0.25) is 0 Å². The maximum absolute atomic E-state index is 12.3. The summed E-state index contributed by atoms with van der Waals surface area (Å²) in [4.78, 5) is 0.363. The Labute approximate surface area is 107 Å². The third-order valence-electron chi connectivity index (χ3n) is 3.30. The lowest BCUT2D eigenvalue weighted by Crippen LogP contribution is -2.33. The molecule has 0 bridgehead atoms. The van der Waals surface area contributed by atoms with Crippen molar-refractivity contribution < 1.29 is 8.42 Å². The van der Waals surface area contributed by atoms with E-state index in [-0.39, 0.29) is 11.3 Å². The Bertz CT molecular complexity index is 476. The zero-order chi connectivity index (χ0) is 12.5. The third-order valence-corrected chi connectivity index (χ3v) is 5.83. The molecule has 94 valence electrons. The monoisotopic (exact) mass is 273 g/mol. The predicted molar refractivity (Wildman–Crippen MR) is 68.9 cm³/mol. The number of rotatable bonds is 2. The van der Waals surface area contributed by atoms with Crippen LogP contribution in [0.4, 0.5) is 0 Å². The van der Waals surface area contributed by atoms with Gasteiger partial charge in [0.1, 0.15) is 0 Å². The second-order valence-corrected chi connectivity index (χ2v) is 7.20. The van der Waals surface area contributed by atoms with Gasteiger partial charge in [-0.2, -0.15) is 0 Å². The lowest BCUT2D eigenvalue weighted by atomic mass is 9.96. The maximum atomic E-state index is 12.3. The van der Waals surface area contributed by atoms with Crippen molar-refractivity contribution in [1.82, 2.24) is 0 Å². The largest absolute Gasteiger partial charge is 0.328 e. The first-order valence-electron chi connectivity index (χ1n) is 5.75. The minimum absolute atomic E-state index is 0.159. The number of benzene rings is 1. The van der Waals surface area contributed by atoms with Crippen LogP contribution in [0.3, 0.4) is 0 Å². The van der Waals surface area contributed by atoms with E-state index in [1.54, 1.807) is 24.3 Å². The summed E-state index contributed by atoms with van der Waals surface area (Å²) in [7, 11) is -3.22. The van der Waals surface area contributed by atoms with E-state index in [1.807, 2.05) is 0 Å². The highest BCUT2D eigenvalue weighted by Crippen LogP contribution is 2.28. The maximum Gasteiger partial charge on any atom is 0.181 e. The molecule has 3 nitrogen and oxygen atoms in total. The lowest BCUT2D eigenvalue weighted by molar-refractivity contribution is 0.434. The Morgan fingerprint density at radius 3 is 2.12 bits per heavy atom. The molecule has 0 atom stereocenters. The van der Waals surface area contributed by atoms with Crippen LogP contribution in [0.2, 0.25) is 5.02 Å². The first kappa shape index (κ1) is 12.9. The van der Waals surface area contributed by atoms with Crippen molar-refractivity contribution in [2.75, 3.05) is 0 Å². The van der Waals surface area contributed by atoms with E-state index < -0.39 is 9.84 Å². The van der Waals surface area contributed by atoms with Crippen LogP contribution < -0.4 is 5.73 Å². The van der Waals surface area contributed by atoms with E-state index >= 15 is 0 Å². The van der Waals surface area contributed by atoms with Gasteiger partial charge in [0, 0.05) is 11.1 Å². The fourth-order valence-electron chi connectivity index (χ4n) is 2.22. The Morgan fingerprint density at radius 1 is 1.06 bits per heavy atom. The molecule has 5 heteroatoms. The SMILES string of the molecule is NC1CCC(S(=O)(=O)c2ccc(Cl)cc2)CC1. The van der Waals surface area contributed by atoms with Gasteiger partial charge in [-0.25, -0.2) is 8.42 Å². The van der Waals surface area contributed by atoms with Gasteiger partial charge in [0.05, 0.1) is 10.1 Å². The predicted octanol–water partition coefficient (Wildman–Crippen LogP) is 2.38. The quantitative estimate of drug-likeness (QED) is 0.900. The number of halogens is 1. The van der Waals surface area contributed by atoms with Crippen LogP contribution in [-0.2, 0) is 9.84 Å². The third kappa shape index (κ3) is 2.81. The lowest BCUT2D eigenvalue weighted by Gasteiger charge is -2.25. The highest BCUT2D eigenvalue weighted by molar-refractivity contribution is 7.92. The van der Waals surface area contributed by atoms with Crippen molar-refractivity contribution in [3.05, 3.63) is 29.3 Å². The molecule has 0 aliphatic heterocycles. The van der Waals surface area contributed by atoms with Gasteiger partial charge in [0.2, 0.25) is 0 Å². The van der Waals surface area contributed by atoms with Crippen LogP contribution in [0.25, 0.3) is 0 Å². The summed E-state index contributed by atoms with van der Waals surface area (Å²) in [6.07, 6.45) is 2.90.